The van der Waals surface area contributed by atoms with E-state index < -0.39 is 0 Å². The molecule has 1 saturated carbocycles. The van der Waals surface area contributed by atoms with Gasteiger partial charge in [0.1, 0.15) is 0 Å². The lowest BCUT2D eigenvalue weighted by Crippen LogP contribution is -2.31. The minimum absolute atomic E-state index is 0.0356. The molecular formula is C11H23NO. The smallest absolute Gasteiger partial charge is 0.0555 e. The summed E-state index contributed by atoms with van der Waals surface area (Å²) in [5.74, 6) is 0.786. The molecule has 0 aliphatic heterocycles. The van der Waals surface area contributed by atoms with Crippen LogP contribution in [0.1, 0.15) is 39.5 Å². The summed E-state index contributed by atoms with van der Waals surface area (Å²) in [6, 6.07) is 0.633. The Morgan fingerprint density at radius 2 is 2.08 bits per heavy atom. The molecule has 0 aromatic heterocycles. The van der Waals surface area contributed by atoms with Crippen molar-refractivity contribution in [2.75, 3.05) is 13.6 Å². The molecule has 0 amide bonds. The largest absolute Gasteiger partial charge is 0.393 e. The van der Waals surface area contributed by atoms with Crippen LogP contribution in [-0.2, 0) is 0 Å². The minimum Gasteiger partial charge on any atom is -0.393 e. The number of aliphatic hydroxyl groups is 1. The zero-order chi connectivity index (χ0) is 9.84. The second-order valence-electron chi connectivity index (χ2n) is 4.78. The Hall–Kier alpha value is -0.0800. The van der Waals surface area contributed by atoms with E-state index in [0.29, 0.717) is 6.04 Å². The number of rotatable bonds is 4. The zero-order valence-electron chi connectivity index (χ0n) is 9.16. The molecule has 0 radical (unpaired) electrons. The number of nitrogens with zero attached hydrogens (tertiary/aromatic N) is 1. The maximum absolute atomic E-state index is 9.40. The first-order valence-corrected chi connectivity index (χ1v) is 5.48. The predicted molar refractivity (Wildman–Crippen MR) is 55.7 cm³/mol. The van der Waals surface area contributed by atoms with Gasteiger partial charge in [-0.05, 0) is 45.2 Å². The zero-order valence-corrected chi connectivity index (χ0v) is 9.16. The molecule has 2 atom stereocenters. The third-order valence-corrected chi connectivity index (χ3v) is 3.06. The van der Waals surface area contributed by atoms with Gasteiger partial charge in [-0.15, -0.1) is 0 Å². The highest BCUT2D eigenvalue weighted by Crippen LogP contribution is 2.23. The molecule has 0 saturated heterocycles. The highest BCUT2D eigenvalue weighted by molar-refractivity contribution is 4.81. The van der Waals surface area contributed by atoms with Crippen molar-refractivity contribution < 1.29 is 5.11 Å². The summed E-state index contributed by atoms with van der Waals surface area (Å²) in [7, 11) is 2.19. The van der Waals surface area contributed by atoms with Crippen molar-refractivity contribution in [2.24, 2.45) is 5.92 Å². The van der Waals surface area contributed by atoms with E-state index >= 15 is 0 Å². The molecule has 2 heteroatoms. The summed E-state index contributed by atoms with van der Waals surface area (Å²) in [5.41, 5.74) is 0. The SMILES string of the molecule is CC(C)CCN(C)C1CCC(O)C1. The Balaban J connectivity index is 2.19. The Labute approximate surface area is 81.9 Å². The van der Waals surface area contributed by atoms with Crippen molar-refractivity contribution in [3.05, 3.63) is 0 Å². The van der Waals surface area contributed by atoms with Crippen LogP contribution in [0.2, 0.25) is 0 Å². The second-order valence-corrected chi connectivity index (χ2v) is 4.78. The molecule has 1 rings (SSSR count). The van der Waals surface area contributed by atoms with Gasteiger partial charge in [-0.25, -0.2) is 0 Å². The Morgan fingerprint density at radius 3 is 2.54 bits per heavy atom. The van der Waals surface area contributed by atoms with Crippen LogP contribution in [0.4, 0.5) is 0 Å². The lowest BCUT2D eigenvalue weighted by molar-refractivity contribution is 0.161. The summed E-state index contributed by atoms with van der Waals surface area (Å²) >= 11 is 0. The van der Waals surface area contributed by atoms with E-state index in [0.717, 1.165) is 18.8 Å². The first kappa shape index (κ1) is 11.0. The predicted octanol–water partition coefficient (Wildman–Crippen LogP) is 1.88. The maximum atomic E-state index is 9.40. The highest BCUT2D eigenvalue weighted by Gasteiger charge is 2.25. The van der Waals surface area contributed by atoms with Crippen molar-refractivity contribution in [2.45, 2.75) is 51.7 Å². The van der Waals surface area contributed by atoms with Crippen molar-refractivity contribution in [3.63, 3.8) is 0 Å². The topological polar surface area (TPSA) is 23.5 Å². The minimum atomic E-state index is -0.0356. The molecule has 0 aromatic carbocycles. The lowest BCUT2D eigenvalue weighted by Gasteiger charge is -2.24. The van der Waals surface area contributed by atoms with Gasteiger partial charge in [0.15, 0.2) is 0 Å². The van der Waals surface area contributed by atoms with Crippen LogP contribution >= 0.6 is 0 Å². The third kappa shape index (κ3) is 3.65. The van der Waals surface area contributed by atoms with Gasteiger partial charge in [0.2, 0.25) is 0 Å². The molecule has 0 aromatic rings. The number of hydrogen-bond donors (Lipinski definition) is 1. The van der Waals surface area contributed by atoms with Crippen LogP contribution in [-0.4, -0.2) is 35.7 Å². The molecule has 13 heavy (non-hydrogen) atoms. The quantitative estimate of drug-likeness (QED) is 0.723. The molecule has 1 aliphatic carbocycles. The van der Waals surface area contributed by atoms with Gasteiger partial charge >= 0.3 is 0 Å². The molecule has 0 spiro atoms. The van der Waals surface area contributed by atoms with Gasteiger partial charge in [-0.2, -0.15) is 0 Å². The van der Waals surface area contributed by atoms with Crippen LogP contribution in [0.15, 0.2) is 0 Å². The molecule has 1 aliphatic rings. The maximum Gasteiger partial charge on any atom is 0.0555 e. The fourth-order valence-corrected chi connectivity index (χ4v) is 1.98. The summed E-state index contributed by atoms with van der Waals surface area (Å²) < 4.78 is 0. The number of aliphatic hydroxyl groups excluding tert-OH is 1. The second kappa shape index (κ2) is 4.97. The fraction of sp³-hybridized carbons (Fsp3) is 1.00. The number of hydrogen-bond acceptors (Lipinski definition) is 2. The third-order valence-electron chi connectivity index (χ3n) is 3.06. The van der Waals surface area contributed by atoms with Crippen LogP contribution in [0.5, 0.6) is 0 Å². The van der Waals surface area contributed by atoms with E-state index in [1.54, 1.807) is 0 Å². The van der Waals surface area contributed by atoms with E-state index in [1.807, 2.05) is 0 Å². The van der Waals surface area contributed by atoms with E-state index in [9.17, 15) is 5.11 Å². The van der Waals surface area contributed by atoms with Gasteiger partial charge in [0, 0.05) is 6.04 Å². The monoisotopic (exact) mass is 185 g/mol. The van der Waals surface area contributed by atoms with Crippen LogP contribution in [0.3, 0.4) is 0 Å². The molecule has 0 heterocycles. The Bertz CT molecular complexity index is 147. The van der Waals surface area contributed by atoms with E-state index in [2.05, 4.69) is 25.8 Å². The lowest BCUT2D eigenvalue weighted by atomic mass is 10.1. The van der Waals surface area contributed by atoms with Crippen LogP contribution < -0.4 is 0 Å². The first-order chi connectivity index (χ1) is 6.09. The molecule has 78 valence electrons. The normalized spacial score (nSPS) is 29.1. The molecule has 1 N–H and O–H groups in total. The molecule has 2 unspecified atom stereocenters. The van der Waals surface area contributed by atoms with Crippen LogP contribution in [0, 0.1) is 5.92 Å². The van der Waals surface area contributed by atoms with Gasteiger partial charge in [-0.1, -0.05) is 13.8 Å². The van der Waals surface area contributed by atoms with Gasteiger partial charge in [-0.3, -0.25) is 0 Å². The van der Waals surface area contributed by atoms with Crippen molar-refractivity contribution in [1.82, 2.24) is 4.90 Å². The van der Waals surface area contributed by atoms with Crippen molar-refractivity contribution in [3.8, 4) is 0 Å². The highest BCUT2D eigenvalue weighted by atomic mass is 16.3. The first-order valence-electron chi connectivity index (χ1n) is 5.48. The van der Waals surface area contributed by atoms with Crippen molar-refractivity contribution in [1.29, 1.82) is 0 Å². The molecule has 1 fully saturated rings. The fourth-order valence-electron chi connectivity index (χ4n) is 1.98. The summed E-state index contributed by atoms with van der Waals surface area (Å²) in [6.45, 7) is 5.70. The molecular weight excluding hydrogens is 162 g/mol. The summed E-state index contributed by atoms with van der Waals surface area (Å²) in [4.78, 5) is 2.41. The standard InChI is InChI=1S/C11H23NO/c1-9(2)6-7-12(3)10-4-5-11(13)8-10/h9-11,13H,4-8H2,1-3H3. The summed E-state index contributed by atoms with van der Waals surface area (Å²) in [6.07, 6.45) is 4.39. The Kier molecular flexibility index (Phi) is 4.20. The average molecular weight is 185 g/mol. The van der Waals surface area contributed by atoms with Gasteiger partial charge in [0.25, 0.3) is 0 Å². The van der Waals surface area contributed by atoms with E-state index in [4.69, 9.17) is 0 Å². The van der Waals surface area contributed by atoms with Gasteiger partial charge < -0.3 is 10.0 Å². The molecule has 0 bridgehead atoms. The van der Waals surface area contributed by atoms with E-state index in [-0.39, 0.29) is 6.10 Å². The van der Waals surface area contributed by atoms with Crippen LogP contribution in [0.25, 0.3) is 0 Å². The van der Waals surface area contributed by atoms with E-state index in [1.165, 1.54) is 19.4 Å². The summed E-state index contributed by atoms with van der Waals surface area (Å²) in [5, 5.41) is 9.40. The molecule has 2 nitrogen and oxygen atoms in total. The van der Waals surface area contributed by atoms with Gasteiger partial charge in [0.05, 0.1) is 6.10 Å². The average Bonchev–Trinajstić information content (AvgIpc) is 2.47. The Morgan fingerprint density at radius 1 is 1.38 bits per heavy atom. The van der Waals surface area contributed by atoms with Crippen molar-refractivity contribution >= 4 is 0 Å².